The van der Waals surface area contributed by atoms with Crippen molar-refractivity contribution in [3.05, 3.63) is 0 Å². The molecule has 0 radical (unpaired) electrons. The molecule has 0 aromatic rings. The number of amides is 1. The van der Waals surface area contributed by atoms with Gasteiger partial charge in [-0.25, -0.2) is 0 Å². The molecule has 2 unspecified atom stereocenters. The van der Waals surface area contributed by atoms with Gasteiger partial charge in [-0.05, 0) is 38.0 Å². The van der Waals surface area contributed by atoms with Crippen LogP contribution in [0.15, 0.2) is 0 Å². The van der Waals surface area contributed by atoms with Crippen molar-refractivity contribution in [1.82, 2.24) is 4.90 Å². The fraction of sp³-hybridized carbons (Fsp3) is 0.923. The molecule has 1 saturated heterocycles. The fourth-order valence-corrected chi connectivity index (χ4v) is 2.45. The summed E-state index contributed by atoms with van der Waals surface area (Å²) < 4.78 is 0. The molecular formula is C13H26N2O2. The molecule has 2 atom stereocenters. The van der Waals surface area contributed by atoms with E-state index in [2.05, 4.69) is 13.8 Å². The van der Waals surface area contributed by atoms with Gasteiger partial charge in [0.15, 0.2) is 0 Å². The molecule has 3 N–H and O–H groups in total. The number of hydrogen-bond acceptors (Lipinski definition) is 3. The van der Waals surface area contributed by atoms with E-state index in [4.69, 9.17) is 5.73 Å². The van der Waals surface area contributed by atoms with Crippen molar-refractivity contribution in [1.29, 1.82) is 0 Å². The molecule has 0 spiro atoms. The Morgan fingerprint density at radius 2 is 1.88 bits per heavy atom. The molecule has 17 heavy (non-hydrogen) atoms. The van der Waals surface area contributed by atoms with Crippen LogP contribution in [0.1, 0.15) is 40.0 Å². The lowest BCUT2D eigenvalue weighted by atomic mass is 9.91. The van der Waals surface area contributed by atoms with E-state index < -0.39 is 0 Å². The third-order valence-electron chi connectivity index (χ3n) is 3.58. The number of likely N-dealkylation sites (tertiary alicyclic amines) is 1. The summed E-state index contributed by atoms with van der Waals surface area (Å²) >= 11 is 0. The summed E-state index contributed by atoms with van der Waals surface area (Å²) in [5, 5.41) is 9.50. The highest BCUT2D eigenvalue weighted by molar-refractivity contribution is 5.81. The first-order chi connectivity index (χ1) is 7.91. The Morgan fingerprint density at radius 1 is 1.35 bits per heavy atom. The molecule has 1 aliphatic rings. The number of carbonyl (C=O) groups excluding carboxylic acids is 1. The Kier molecular flexibility index (Phi) is 5.40. The Labute approximate surface area is 104 Å². The number of piperidine rings is 1. The second-order valence-electron chi connectivity index (χ2n) is 5.64. The summed E-state index contributed by atoms with van der Waals surface area (Å²) in [6, 6.07) is -0.363. The van der Waals surface area contributed by atoms with E-state index in [-0.39, 0.29) is 18.1 Å². The number of aliphatic hydroxyl groups excluding tert-OH is 1. The molecule has 1 heterocycles. The summed E-state index contributed by atoms with van der Waals surface area (Å²) in [6.07, 6.45) is 2.25. The minimum Gasteiger partial charge on any atom is -0.393 e. The number of nitrogens with zero attached hydrogens (tertiary/aromatic N) is 1. The van der Waals surface area contributed by atoms with E-state index in [0.29, 0.717) is 11.8 Å². The first-order valence-electron chi connectivity index (χ1n) is 6.64. The normalized spacial score (nSPS) is 21.6. The van der Waals surface area contributed by atoms with E-state index in [9.17, 15) is 9.90 Å². The van der Waals surface area contributed by atoms with Crippen molar-refractivity contribution >= 4 is 5.91 Å². The van der Waals surface area contributed by atoms with Gasteiger partial charge in [-0.1, -0.05) is 13.8 Å². The van der Waals surface area contributed by atoms with E-state index in [1.54, 1.807) is 0 Å². The molecule has 0 aromatic carbocycles. The van der Waals surface area contributed by atoms with Gasteiger partial charge >= 0.3 is 0 Å². The number of aliphatic hydroxyl groups is 1. The topological polar surface area (TPSA) is 66.6 Å². The molecule has 1 aliphatic heterocycles. The van der Waals surface area contributed by atoms with Gasteiger partial charge in [0.05, 0.1) is 12.1 Å². The van der Waals surface area contributed by atoms with Crippen molar-refractivity contribution in [3.8, 4) is 0 Å². The van der Waals surface area contributed by atoms with Gasteiger partial charge in [-0.2, -0.15) is 0 Å². The Balaban J connectivity index is 2.40. The molecule has 1 rings (SSSR count). The Morgan fingerprint density at radius 3 is 2.29 bits per heavy atom. The predicted octanol–water partition coefficient (Wildman–Crippen LogP) is 0.979. The maximum absolute atomic E-state index is 12.0. The molecule has 0 aliphatic carbocycles. The predicted molar refractivity (Wildman–Crippen MR) is 68.4 cm³/mol. The van der Waals surface area contributed by atoms with Crippen molar-refractivity contribution < 1.29 is 9.90 Å². The highest BCUT2D eigenvalue weighted by Crippen LogP contribution is 2.21. The maximum Gasteiger partial charge on any atom is 0.239 e. The molecule has 4 heteroatoms. The number of hydrogen-bond donors (Lipinski definition) is 2. The molecule has 0 aromatic heterocycles. The second kappa shape index (κ2) is 6.36. The molecular weight excluding hydrogens is 216 g/mol. The van der Waals surface area contributed by atoms with E-state index >= 15 is 0 Å². The Bertz CT molecular complexity index is 246. The number of nitrogens with two attached hydrogens (primary N) is 1. The SMILES string of the molecule is CC(C)CC(N)C(=O)N1CCC(C(C)O)CC1. The zero-order valence-corrected chi connectivity index (χ0v) is 11.2. The van der Waals surface area contributed by atoms with Crippen LogP contribution < -0.4 is 5.73 Å². The summed E-state index contributed by atoms with van der Waals surface area (Å²) in [4.78, 5) is 13.9. The summed E-state index contributed by atoms with van der Waals surface area (Å²) in [6.45, 7) is 7.45. The van der Waals surface area contributed by atoms with Crippen molar-refractivity contribution in [2.45, 2.75) is 52.2 Å². The van der Waals surface area contributed by atoms with Crippen LogP contribution in [0, 0.1) is 11.8 Å². The van der Waals surface area contributed by atoms with Crippen LogP contribution in [0.2, 0.25) is 0 Å². The van der Waals surface area contributed by atoms with Gasteiger partial charge in [0.1, 0.15) is 0 Å². The first-order valence-corrected chi connectivity index (χ1v) is 6.64. The number of carbonyl (C=O) groups is 1. The fourth-order valence-electron chi connectivity index (χ4n) is 2.45. The molecule has 1 amide bonds. The molecule has 0 bridgehead atoms. The van der Waals surface area contributed by atoms with E-state index in [1.807, 2.05) is 11.8 Å². The van der Waals surface area contributed by atoms with Crippen LogP contribution >= 0.6 is 0 Å². The van der Waals surface area contributed by atoms with Crippen molar-refractivity contribution in [2.24, 2.45) is 17.6 Å². The highest BCUT2D eigenvalue weighted by Gasteiger charge is 2.28. The first kappa shape index (κ1) is 14.5. The van der Waals surface area contributed by atoms with Gasteiger partial charge in [0.25, 0.3) is 0 Å². The van der Waals surface area contributed by atoms with Gasteiger partial charge in [-0.15, -0.1) is 0 Å². The molecule has 0 saturated carbocycles. The zero-order chi connectivity index (χ0) is 13.0. The van der Waals surface area contributed by atoms with Crippen LogP contribution in [0.5, 0.6) is 0 Å². The largest absolute Gasteiger partial charge is 0.393 e. The summed E-state index contributed by atoms with van der Waals surface area (Å²) in [7, 11) is 0. The minimum atomic E-state index is -0.363. The third-order valence-corrected chi connectivity index (χ3v) is 3.58. The van der Waals surface area contributed by atoms with Gasteiger partial charge in [0.2, 0.25) is 5.91 Å². The molecule has 100 valence electrons. The van der Waals surface area contributed by atoms with E-state index in [1.165, 1.54) is 0 Å². The summed E-state index contributed by atoms with van der Waals surface area (Å²) in [5.41, 5.74) is 5.90. The monoisotopic (exact) mass is 242 g/mol. The lowest BCUT2D eigenvalue weighted by Crippen LogP contribution is -2.48. The van der Waals surface area contributed by atoms with Gasteiger partial charge in [0, 0.05) is 13.1 Å². The van der Waals surface area contributed by atoms with Gasteiger partial charge < -0.3 is 15.7 Å². The van der Waals surface area contributed by atoms with Crippen molar-refractivity contribution in [3.63, 3.8) is 0 Å². The van der Waals surface area contributed by atoms with Crippen LogP contribution in [-0.4, -0.2) is 41.1 Å². The quantitative estimate of drug-likeness (QED) is 0.772. The standard InChI is InChI=1S/C13H26N2O2/c1-9(2)8-12(14)13(17)15-6-4-11(5-7-15)10(3)16/h9-12,16H,4-8,14H2,1-3H3. The Hall–Kier alpha value is -0.610. The third kappa shape index (κ3) is 4.28. The smallest absolute Gasteiger partial charge is 0.239 e. The average Bonchev–Trinajstić information content (AvgIpc) is 2.27. The maximum atomic E-state index is 12.0. The lowest BCUT2D eigenvalue weighted by Gasteiger charge is -2.34. The summed E-state index contributed by atoms with van der Waals surface area (Å²) in [5.74, 6) is 0.854. The van der Waals surface area contributed by atoms with Crippen LogP contribution in [-0.2, 0) is 4.79 Å². The zero-order valence-electron chi connectivity index (χ0n) is 11.2. The van der Waals surface area contributed by atoms with Crippen LogP contribution in [0.3, 0.4) is 0 Å². The average molecular weight is 242 g/mol. The van der Waals surface area contributed by atoms with Gasteiger partial charge in [-0.3, -0.25) is 4.79 Å². The minimum absolute atomic E-state index is 0.0720. The molecule has 4 nitrogen and oxygen atoms in total. The number of rotatable bonds is 4. The van der Waals surface area contributed by atoms with E-state index in [0.717, 1.165) is 32.4 Å². The van der Waals surface area contributed by atoms with Crippen LogP contribution in [0.4, 0.5) is 0 Å². The molecule has 1 fully saturated rings. The second-order valence-corrected chi connectivity index (χ2v) is 5.64. The lowest BCUT2D eigenvalue weighted by molar-refractivity contribution is -0.134. The highest BCUT2D eigenvalue weighted by atomic mass is 16.3. The van der Waals surface area contributed by atoms with Crippen LogP contribution in [0.25, 0.3) is 0 Å². The van der Waals surface area contributed by atoms with Crippen molar-refractivity contribution in [2.75, 3.05) is 13.1 Å².